The van der Waals surface area contributed by atoms with Crippen molar-refractivity contribution in [1.82, 2.24) is 15.3 Å². The Bertz CT molecular complexity index is 1120. The van der Waals surface area contributed by atoms with Gasteiger partial charge in [0.2, 0.25) is 5.95 Å². The molecular formula is C22H27N5O7. The van der Waals surface area contributed by atoms with Crippen LogP contribution in [0.1, 0.15) is 46.7 Å². The molecule has 0 saturated heterocycles. The Balaban J connectivity index is 1.64. The molecule has 1 aromatic heterocycles. The van der Waals surface area contributed by atoms with E-state index >= 15 is 0 Å². The summed E-state index contributed by atoms with van der Waals surface area (Å²) in [5, 5.41) is 33.3. The number of benzene rings is 1. The highest BCUT2D eigenvalue weighted by Crippen LogP contribution is 2.29. The molecule has 34 heavy (non-hydrogen) atoms. The van der Waals surface area contributed by atoms with Crippen molar-refractivity contribution in [3.63, 3.8) is 0 Å². The molecule has 0 bridgehead atoms. The molecule has 1 aliphatic heterocycles. The lowest BCUT2D eigenvalue weighted by Crippen LogP contribution is -2.41. The van der Waals surface area contributed by atoms with Crippen molar-refractivity contribution in [2.45, 2.75) is 37.6 Å². The fraction of sp³-hybridized carbons (Fsp3) is 0.409. The van der Waals surface area contributed by atoms with Gasteiger partial charge in [0.1, 0.15) is 11.9 Å². The van der Waals surface area contributed by atoms with Crippen molar-refractivity contribution in [3.05, 3.63) is 51.3 Å². The van der Waals surface area contributed by atoms with Crippen molar-refractivity contribution in [2.75, 3.05) is 24.2 Å². The average molecular weight is 473 g/mol. The fourth-order valence-electron chi connectivity index (χ4n) is 4.01. The van der Waals surface area contributed by atoms with E-state index in [9.17, 15) is 29.4 Å². The number of carboxylic acid groups (broad SMARTS) is 2. The van der Waals surface area contributed by atoms with Crippen molar-refractivity contribution >= 4 is 29.6 Å². The normalized spacial score (nSPS) is 16.6. The van der Waals surface area contributed by atoms with Crippen molar-refractivity contribution in [2.24, 2.45) is 5.92 Å². The van der Waals surface area contributed by atoms with Crippen LogP contribution in [0.4, 0.5) is 11.8 Å². The molecule has 3 unspecified atom stereocenters. The molecule has 0 radical (unpaired) electrons. The number of carbonyl (C=O) groups is 3. The Hall–Kier alpha value is -3.93. The van der Waals surface area contributed by atoms with Gasteiger partial charge in [-0.05, 0) is 42.9 Å². The van der Waals surface area contributed by atoms with Gasteiger partial charge in [-0.3, -0.25) is 19.4 Å². The number of hydrogen-bond acceptors (Lipinski definition) is 8. The molecular weight excluding hydrogens is 446 g/mol. The molecule has 0 fully saturated rings. The highest BCUT2D eigenvalue weighted by molar-refractivity contribution is 5.96. The van der Waals surface area contributed by atoms with Gasteiger partial charge in [0.25, 0.3) is 11.5 Å². The summed E-state index contributed by atoms with van der Waals surface area (Å²) in [6, 6.07) is 5.09. The van der Waals surface area contributed by atoms with Gasteiger partial charge < -0.3 is 31.7 Å². The van der Waals surface area contributed by atoms with Crippen LogP contribution in [0.15, 0.2) is 29.1 Å². The van der Waals surface area contributed by atoms with Crippen LogP contribution in [-0.4, -0.2) is 62.3 Å². The summed E-state index contributed by atoms with van der Waals surface area (Å²) < 4.78 is 0. The van der Waals surface area contributed by atoms with E-state index < -0.39 is 23.9 Å². The number of anilines is 2. The smallest absolute Gasteiger partial charge is 0.326 e. The van der Waals surface area contributed by atoms with Crippen LogP contribution in [0.3, 0.4) is 0 Å². The second kappa shape index (κ2) is 10.8. The standard InChI is InChI=1S/C22H27N5O7/c23-22-26-18-15(20(32)27-22)8-11(9-24-18)7-14(10-28)12-1-3-13(4-2-12)19(31)25-16(21(33)34)5-6-17(29)30/h1-4,11,14,16,28H,5-10H2,(H,25,31)(H,29,30)(H,33,34)(H4,23,24,26,27,32). The summed E-state index contributed by atoms with van der Waals surface area (Å²) in [6.07, 6.45) is 0.443. The van der Waals surface area contributed by atoms with Gasteiger partial charge in [0, 0.05) is 31.1 Å². The van der Waals surface area contributed by atoms with E-state index in [2.05, 4.69) is 20.6 Å². The topological polar surface area (TPSA) is 208 Å². The third-order valence-corrected chi connectivity index (χ3v) is 5.82. The predicted octanol–water partition coefficient (Wildman–Crippen LogP) is 0.150. The van der Waals surface area contributed by atoms with Crippen LogP contribution in [0, 0.1) is 5.92 Å². The van der Waals surface area contributed by atoms with Crippen LogP contribution < -0.4 is 21.9 Å². The molecule has 12 nitrogen and oxygen atoms in total. The number of nitrogens with one attached hydrogen (secondary N) is 3. The summed E-state index contributed by atoms with van der Waals surface area (Å²) in [5.41, 5.74) is 6.80. The number of hydrogen-bond donors (Lipinski definition) is 7. The highest BCUT2D eigenvalue weighted by Gasteiger charge is 2.26. The Morgan fingerprint density at radius 1 is 1.21 bits per heavy atom. The summed E-state index contributed by atoms with van der Waals surface area (Å²) in [5.74, 6) is -2.77. The van der Waals surface area contributed by atoms with E-state index in [-0.39, 0.29) is 48.4 Å². The predicted molar refractivity (Wildman–Crippen MR) is 122 cm³/mol. The minimum atomic E-state index is -1.32. The number of rotatable bonds is 10. The molecule has 12 heteroatoms. The first-order valence-electron chi connectivity index (χ1n) is 10.8. The Morgan fingerprint density at radius 3 is 2.53 bits per heavy atom. The molecule has 2 heterocycles. The molecule has 3 rings (SSSR count). The maximum absolute atomic E-state index is 12.4. The van der Waals surface area contributed by atoms with Gasteiger partial charge in [-0.15, -0.1) is 0 Å². The van der Waals surface area contributed by atoms with E-state index in [1.807, 2.05) is 0 Å². The molecule has 1 aromatic carbocycles. The van der Waals surface area contributed by atoms with Crippen molar-refractivity contribution < 1.29 is 29.7 Å². The molecule has 182 valence electrons. The number of nitrogen functional groups attached to an aromatic ring is 1. The zero-order valence-corrected chi connectivity index (χ0v) is 18.3. The number of aromatic amines is 1. The van der Waals surface area contributed by atoms with E-state index in [4.69, 9.17) is 10.8 Å². The summed E-state index contributed by atoms with van der Waals surface area (Å²) in [4.78, 5) is 53.2. The third-order valence-electron chi connectivity index (χ3n) is 5.82. The Labute approximate surface area is 194 Å². The number of amides is 1. The van der Waals surface area contributed by atoms with Gasteiger partial charge in [0.05, 0.1) is 5.56 Å². The zero-order valence-electron chi connectivity index (χ0n) is 18.3. The number of aliphatic hydroxyl groups excluding tert-OH is 1. The first kappa shape index (κ1) is 24.7. The Morgan fingerprint density at radius 2 is 1.91 bits per heavy atom. The number of carbonyl (C=O) groups excluding carboxylic acids is 1. The van der Waals surface area contributed by atoms with Crippen LogP contribution in [0.2, 0.25) is 0 Å². The van der Waals surface area contributed by atoms with Crippen LogP contribution in [0.25, 0.3) is 0 Å². The lowest BCUT2D eigenvalue weighted by molar-refractivity contribution is -0.140. The summed E-state index contributed by atoms with van der Waals surface area (Å²) >= 11 is 0. The molecule has 8 N–H and O–H groups in total. The third kappa shape index (κ3) is 6.10. The number of aromatic nitrogens is 2. The van der Waals surface area contributed by atoms with E-state index in [1.165, 1.54) is 12.1 Å². The number of aliphatic carboxylic acids is 2. The molecule has 2 aromatic rings. The monoisotopic (exact) mass is 473 g/mol. The molecule has 0 aliphatic carbocycles. The van der Waals surface area contributed by atoms with Crippen LogP contribution in [0.5, 0.6) is 0 Å². The highest BCUT2D eigenvalue weighted by atomic mass is 16.4. The van der Waals surface area contributed by atoms with Gasteiger partial charge in [-0.25, -0.2) is 4.79 Å². The summed E-state index contributed by atoms with van der Waals surface area (Å²) in [6.45, 7) is 0.425. The van der Waals surface area contributed by atoms with E-state index in [1.54, 1.807) is 12.1 Å². The average Bonchev–Trinajstić information content (AvgIpc) is 2.80. The lowest BCUT2D eigenvalue weighted by atomic mass is 9.84. The second-order valence-corrected chi connectivity index (χ2v) is 8.26. The largest absolute Gasteiger partial charge is 0.481 e. The maximum Gasteiger partial charge on any atom is 0.326 e. The molecule has 0 spiro atoms. The number of nitrogens with zero attached hydrogens (tertiary/aromatic N) is 1. The van der Waals surface area contributed by atoms with Gasteiger partial charge in [0.15, 0.2) is 0 Å². The first-order valence-corrected chi connectivity index (χ1v) is 10.8. The SMILES string of the molecule is Nc1nc2c(c(=O)[nH]1)CC(CC(CO)c1ccc(C(=O)NC(CCC(=O)O)C(=O)O)cc1)CN2. The minimum Gasteiger partial charge on any atom is -0.481 e. The molecule has 0 saturated carbocycles. The summed E-state index contributed by atoms with van der Waals surface area (Å²) in [7, 11) is 0. The van der Waals surface area contributed by atoms with Gasteiger partial charge in [-0.2, -0.15) is 4.98 Å². The van der Waals surface area contributed by atoms with Crippen molar-refractivity contribution in [1.29, 1.82) is 0 Å². The number of carboxylic acids is 2. The zero-order chi connectivity index (χ0) is 24.8. The molecule has 1 aliphatic rings. The number of aliphatic hydroxyl groups is 1. The number of H-pyrrole nitrogens is 1. The number of fused-ring (bicyclic) bond motifs is 1. The van der Waals surface area contributed by atoms with Crippen LogP contribution in [-0.2, 0) is 16.0 Å². The van der Waals surface area contributed by atoms with Gasteiger partial charge in [-0.1, -0.05) is 12.1 Å². The van der Waals surface area contributed by atoms with Crippen LogP contribution >= 0.6 is 0 Å². The van der Waals surface area contributed by atoms with E-state index in [0.29, 0.717) is 30.8 Å². The molecule has 1 amide bonds. The minimum absolute atomic E-state index is 0.0450. The second-order valence-electron chi connectivity index (χ2n) is 8.26. The maximum atomic E-state index is 12.4. The Kier molecular flexibility index (Phi) is 7.84. The van der Waals surface area contributed by atoms with E-state index in [0.717, 1.165) is 5.56 Å². The molecule has 3 atom stereocenters. The number of nitrogens with two attached hydrogens (primary N) is 1. The fourth-order valence-corrected chi connectivity index (χ4v) is 4.01. The quantitative estimate of drug-likeness (QED) is 0.248. The van der Waals surface area contributed by atoms with Crippen molar-refractivity contribution in [3.8, 4) is 0 Å². The first-order chi connectivity index (χ1) is 16.2. The van der Waals surface area contributed by atoms with Gasteiger partial charge >= 0.3 is 11.9 Å². The lowest BCUT2D eigenvalue weighted by Gasteiger charge is -2.27.